The molecule has 228 valence electrons. The molecule has 0 bridgehead atoms. The molecule has 0 saturated carbocycles. The second kappa shape index (κ2) is 11.7. The van der Waals surface area contributed by atoms with Crippen LogP contribution in [0.2, 0.25) is 0 Å². The Kier molecular flexibility index (Phi) is 7.65. The van der Waals surface area contributed by atoms with Crippen molar-refractivity contribution in [2.45, 2.75) is 16.5 Å². The third-order valence-electron chi connectivity index (χ3n) is 6.57. The Bertz CT molecular complexity index is 2130. The van der Waals surface area contributed by atoms with E-state index in [2.05, 4.69) is 20.0 Å². The van der Waals surface area contributed by atoms with Gasteiger partial charge in [-0.1, -0.05) is 60.7 Å². The van der Waals surface area contributed by atoms with Crippen LogP contribution in [0.25, 0.3) is 11.4 Å². The molecule has 2 heterocycles. The van der Waals surface area contributed by atoms with Crippen LogP contribution in [-0.4, -0.2) is 27.4 Å². The van der Waals surface area contributed by atoms with Crippen LogP contribution in [0.1, 0.15) is 11.1 Å². The van der Waals surface area contributed by atoms with Gasteiger partial charge in [0.2, 0.25) is 11.4 Å². The molecular weight excluding hydrogens is 624 g/mol. The van der Waals surface area contributed by atoms with Crippen LogP contribution in [0, 0.1) is 0 Å². The van der Waals surface area contributed by atoms with E-state index in [-0.39, 0.29) is 11.4 Å². The number of hydrogen-bond acceptors (Lipinski definition) is 8. The highest BCUT2D eigenvalue weighted by Gasteiger charge is 2.38. The highest BCUT2D eigenvalue weighted by Crippen LogP contribution is 2.16. The summed E-state index contributed by atoms with van der Waals surface area (Å²) in [5.74, 6) is 0. The molecule has 0 saturated heterocycles. The van der Waals surface area contributed by atoms with E-state index < -0.39 is 41.3 Å². The minimum atomic E-state index is -4.29. The number of para-hydroxylation sites is 2. The van der Waals surface area contributed by atoms with Crippen molar-refractivity contribution in [3.63, 3.8) is 0 Å². The fraction of sp³-hybridized carbons (Fsp3) is 0.0345. The Morgan fingerprint density at radius 1 is 0.533 bits per heavy atom. The van der Waals surface area contributed by atoms with Gasteiger partial charge in [0, 0.05) is 35.6 Å². The molecule has 0 atom stereocenters. The van der Waals surface area contributed by atoms with Crippen LogP contribution in [0.5, 0.6) is 0 Å². The lowest BCUT2D eigenvalue weighted by atomic mass is 10.0. The number of nitrogens with zero attached hydrogens (tertiary/aromatic N) is 2. The third-order valence-corrected chi connectivity index (χ3v) is 9.30. The second-order valence-corrected chi connectivity index (χ2v) is 12.9. The number of aromatic nitrogens is 4. The van der Waals surface area contributed by atoms with Gasteiger partial charge in [0.15, 0.2) is 0 Å². The zero-order valence-electron chi connectivity index (χ0n) is 23.1. The van der Waals surface area contributed by atoms with Gasteiger partial charge in [0.1, 0.15) is 0 Å². The van der Waals surface area contributed by atoms with Crippen molar-refractivity contribution in [3.8, 4) is 11.4 Å². The minimum absolute atomic E-state index is 0.283. The molecule has 0 unspecified atom stereocenters. The SMILES string of the molecule is O=c1o[nH][n+](-c2ccc(Cc3ccc(-[n+]4[nH]oc(=O)c4S(=O)(=O)Nc4ccccc4)cc3)cc2)c1S(=O)(=O)Nc1ccccc1. The smallest absolute Gasteiger partial charge is 0.281 e. The first kappa shape index (κ1) is 29.3. The van der Waals surface area contributed by atoms with Gasteiger partial charge in [-0.2, -0.15) is 16.8 Å². The first-order valence-electron chi connectivity index (χ1n) is 13.2. The predicted molar refractivity (Wildman–Crippen MR) is 159 cm³/mol. The zero-order chi connectivity index (χ0) is 31.6. The van der Waals surface area contributed by atoms with E-state index in [9.17, 15) is 26.4 Å². The molecule has 0 aliphatic carbocycles. The second-order valence-electron chi connectivity index (χ2n) is 9.70. The third kappa shape index (κ3) is 6.17. The van der Waals surface area contributed by atoms with Crippen LogP contribution in [-0.2, 0) is 26.5 Å². The maximum atomic E-state index is 13.0. The molecule has 0 radical (unpaired) electrons. The molecule has 2 aromatic heterocycles. The number of nitrogens with one attached hydrogen (secondary N) is 4. The molecule has 6 rings (SSSR count). The summed E-state index contributed by atoms with van der Waals surface area (Å²) >= 11 is 0. The average molecular weight is 649 g/mol. The van der Waals surface area contributed by atoms with E-state index >= 15 is 0 Å². The molecule has 16 heteroatoms. The van der Waals surface area contributed by atoms with Gasteiger partial charge < -0.3 is 0 Å². The van der Waals surface area contributed by atoms with Crippen LogP contribution in [0.3, 0.4) is 0 Å². The number of benzene rings is 4. The van der Waals surface area contributed by atoms with E-state index in [4.69, 9.17) is 9.05 Å². The van der Waals surface area contributed by atoms with Gasteiger partial charge in [0.05, 0.1) is 0 Å². The topological polar surface area (TPSA) is 192 Å². The molecule has 4 N–H and O–H groups in total. The summed E-state index contributed by atoms with van der Waals surface area (Å²) in [6, 6.07) is 29.8. The number of hydrogen-bond donors (Lipinski definition) is 4. The normalized spacial score (nSPS) is 11.7. The quantitative estimate of drug-likeness (QED) is 0.162. The highest BCUT2D eigenvalue weighted by molar-refractivity contribution is 7.92. The summed E-state index contributed by atoms with van der Waals surface area (Å²) in [7, 11) is -8.58. The van der Waals surface area contributed by atoms with Gasteiger partial charge in [-0.25, -0.2) is 9.59 Å². The number of sulfonamides is 2. The molecule has 0 fully saturated rings. The molecular formula is C29H24N6O8S2+2. The lowest BCUT2D eigenvalue weighted by Crippen LogP contribution is -2.42. The van der Waals surface area contributed by atoms with Crippen LogP contribution in [0.15, 0.2) is 138 Å². The zero-order valence-corrected chi connectivity index (χ0v) is 24.7. The van der Waals surface area contributed by atoms with E-state index in [1.54, 1.807) is 109 Å². The summed E-state index contributed by atoms with van der Waals surface area (Å²) < 4.78 is 68.4. The maximum absolute atomic E-state index is 13.0. The fourth-order valence-corrected chi connectivity index (χ4v) is 6.88. The summed E-state index contributed by atoms with van der Waals surface area (Å²) in [6.45, 7) is 0. The minimum Gasteiger partial charge on any atom is -0.281 e. The average Bonchev–Trinajstić information content (AvgIpc) is 3.62. The van der Waals surface area contributed by atoms with Gasteiger partial charge in [-0.3, -0.25) is 18.5 Å². The number of H-pyrrole nitrogens is 2. The monoisotopic (exact) mass is 648 g/mol. The Morgan fingerprint density at radius 3 is 1.24 bits per heavy atom. The highest BCUT2D eigenvalue weighted by atomic mass is 32.2. The van der Waals surface area contributed by atoms with Crippen molar-refractivity contribution in [2.75, 3.05) is 9.44 Å². The molecule has 0 spiro atoms. The number of aromatic amines is 2. The van der Waals surface area contributed by atoms with Gasteiger partial charge in [0.25, 0.3) is 0 Å². The van der Waals surface area contributed by atoms with Gasteiger partial charge >= 0.3 is 41.3 Å². The van der Waals surface area contributed by atoms with E-state index in [1.807, 2.05) is 0 Å². The van der Waals surface area contributed by atoms with Crippen LogP contribution < -0.4 is 30.1 Å². The lowest BCUT2D eigenvalue weighted by molar-refractivity contribution is -0.705. The largest absolute Gasteiger partial charge is 0.449 e. The van der Waals surface area contributed by atoms with Crippen molar-refractivity contribution in [1.82, 2.24) is 10.5 Å². The fourth-order valence-electron chi connectivity index (χ4n) is 4.51. The van der Waals surface area contributed by atoms with Crippen molar-refractivity contribution in [1.29, 1.82) is 0 Å². The molecule has 0 amide bonds. The molecule has 6 aromatic rings. The van der Waals surface area contributed by atoms with Crippen LogP contribution >= 0.6 is 0 Å². The van der Waals surface area contributed by atoms with E-state index in [1.165, 1.54) is 0 Å². The molecule has 45 heavy (non-hydrogen) atoms. The summed E-state index contributed by atoms with van der Waals surface area (Å²) in [5.41, 5.74) is 0.819. The van der Waals surface area contributed by atoms with E-state index in [0.29, 0.717) is 17.8 Å². The van der Waals surface area contributed by atoms with Gasteiger partial charge in [-0.05, 0) is 61.7 Å². The summed E-state index contributed by atoms with van der Waals surface area (Å²) in [6.07, 6.45) is 0.459. The Morgan fingerprint density at radius 2 is 0.889 bits per heavy atom. The summed E-state index contributed by atoms with van der Waals surface area (Å²) in [5, 5.41) is 3.42. The predicted octanol–water partition coefficient (Wildman–Crippen LogP) is 1.99. The van der Waals surface area contributed by atoms with Gasteiger partial charge in [-0.15, -0.1) is 0 Å². The Labute approximate surface area is 255 Å². The maximum Gasteiger partial charge on any atom is 0.449 e. The van der Waals surface area contributed by atoms with Crippen molar-refractivity contribution in [3.05, 3.63) is 141 Å². The lowest BCUT2D eigenvalue weighted by Gasteiger charge is -2.04. The molecule has 0 aliphatic rings. The molecule has 4 aromatic carbocycles. The number of anilines is 2. The van der Waals surface area contributed by atoms with Crippen LogP contribution in [0.4, 0.5) is 11.4 Å². The first-order valence-corrected chi connectivity index (χ1v) is 16.2. The standard InChI is InChI=1S/C29H22N6O8S2/c36-28-26(44(38,39)30-22-7-3-1-4-8-22)34(32-42-28)24-15-11-20(12-16-24)19-21-13-17-25(18-14-21)35-27(29(37)43-33-35)45(40,41)31-23-9-5-2-6-10-23/h1-18,30-31H,19H2/p+2. The van der Waals surface area contributed by atoms with Crippen molar-refractivity contribution in [2.24, 2.45) is 0 Å². The number of rotatable bonds is 10. The Hall–Kier alpha value is -5.74. The Balaban J connectivity index is 1.20. The molecule has 14 nitrogen and oxygen atoms in total. The first-order chi connectivity index (χ1) is 21.6. The van der Waals surface area contributed by atoms with Crippen molar-refractivity contribution < 1.29 is 35.2 Å². The van der Waals surface area contributed by atoms with E-state index in [0.717, 1.165) is 20.5 Å². The molecule has 0 aliphatic heterocycles. The van der Waals surface area contributed by atoms with Crippen molar-refractivity contribution >= 4 is 31.4 Å². The summed E-state index contributed by atoms with van der Waals surface area (Å²) in [4.78, 5) is 24.7.